The molecule has 2 N–H and O–H groups in total. The summed E-state index contributed by atoms with van der Waals surface area (Å²) in [6.45, 7) is 0. The lowest BCUT2D eigenvalue weighted by Crippen LogP contribution is -1.96. The molecule has 0 amide bonds. The molecule has 5 nitrogen and oxygen atoms in total. The zero-order valence-corrected chi connectivity index (χ0v) is 12.7. The predicted molar refractivity (Wildman–Crippen MR) is 78.0 cm³/mol. The molecule has 1 aromatic heterocycles. The summed E-state index contributed by atoms with van der Waals surface area (Å²) in [6.07, 6.45) is 0. The molecular formula is C10H6Cl2FN3O2S2. The number of nitrogens with zero attached hydrogens (tertiary/aromatic N) is 2. The van der Waals surface area contributed by atoms with Gasteiger partial charge in [-0.2, -0.15) is 0 Å². The van der Waals surface area contributed by atoms with Crippen LogP contribution in [-0.2, 0) is 4.79 Å². The van der Waals surface area contributed by atoms with Crippen molar-refractivity contribution in [1.82, 2.24) is 10.2 Å². The van der Waals surface area contributed by atoms with Crippen LogP contribution in [0.2, 0.25) is 10.0 Å². The Morgan fingerprint density at radius 2 is 2.05 bits per heavy atom. The molecule has 2 rings (SSSR count). The molecular weight excluding hydrogens is 348 g/mol. The molecule has 0 fully saturated rings. The van der Waals surface area contributed by atoms with Gasteiger partial charge >= 0.3 is 5.97 Å². The summed E-state index contributed by atoms with van der Waals surface area (Å²) in [6, 6.07) is 2.74. The number of anilines is 2. The van der Waals surface area contributed by atoms with E-state index in [4.69, 9.17) is 28.3 Å². The Morgan fingerprint density at radius 3 is 2.65 bits per heavy atom. The van der Waals surface area contributed by atoms with Gasteiger partial charge in [0, 0.05) is 5.69 Å². The highest BCUT2D eigenvalue weighted by Crippen LogP contribution is 2.31. The minimum atomic E-state index is -0.934. The number of aromatic nitrogens is 2. The van der Waals surface area contributed by atoms with Crippen molar-refractivity contribution in [2.45, 2.75) is 4.34 Å². The van der Waals surface area contributed by atoms with Crippen LogP contribution in [-0.4, -0.2) is 27.0 Å². The summed E-state index contributed by atoms with van der Waals surface area (Å²) in [5.74, 6) is -1.71. The molecule has 1 aromatic carbocycles. The van der Waals surface area contributed by atoms with Crippen molar-refractivity contribution in [2.24, 2.45) is 0 Å². The van der Waals surface area contributed by atoms with E-state index in [0.29, 0.717) is 15.2 Å². The van der Waals surface area contributed by atoms with Gasteiger partial charge in [-0.15, -0.1) is 10.2 Å². The SMILES string of the molecule is O=C(O)CSc1nnc(Nc2cc(Cl)c(F)c(Cl)c2)s1. The number of hydrogen-bond acceptors (Lipinski definition) is 6. The van der Waals surface area contributed by atoms with E-state index in [-0.39, 0.29) is 15.8 Å². The van der Waals surface area contributed by atoms with Gasteiger partial charge in [0.15, 0.2) is 10.2 Å². The van der Waals surface area contributed by atoms with Crippen LogP contribution in [0, 0.1) is 5.82 Å². The lowest BCUT2D eigenvalue weighted by molar-refractivity contribution is -0.133. The molecule has 106 valence electrons. The fourth-order valence-electron chi connectivity index (χ4n) is 1.19. The fraction of sp³-hybridized carbons (Fsp3) is 0.100. The number of hydrogen-bond donors (Lipinski definition) is 2. The van der Waals surface area contributed by atoms with Crippen molar-refractivity contribution in [3.63, 3.8) is 0 Å². The van der Waals surface area contributed by atoms with Gasteiger partial charge in [-0.3, -0.25) is 4.79 Å². The number of carboxylic acids is 1. The third kappa shape index (κ3) is 3.95. The first-order valence-electron chi connectivity index (χ1n) is 5.05. The van der Waals surface area contributed by atoms with Crippen LogP contribution in [0.15, 0.2) is 16.5 Å². The first kappa shape index (κ1) is 15.3. The molecule has 1 heterocycles. The van der Waals surface area contributed by atoms with E-state index in [0.717, 1.165) is 11.8 Å². The molecule has 0 saturated heterocycles. The highest BCUT2D eigenvalue weighted by molar-refractivity contribution is 8.01. The number of nitrogens with one attached hydrogen (secondary N) is 1. The van der Waals surface area contributed by atoms with Gasteiger partial charge in [0.25, 0.3) is 0 Å². The van der Waals surface area contributed by atoms with Crippen LogP contribution in [0.4, 0.5) is 15.2 Å². The normalized spacial score (nSPS) is 10.6. The number of rotatable bonds is 5. The monoisotopic (exact) mass is 353 g/mol. The van der Waals surface area contributed by atoms with Gasteiger partial charge in [-0.1, -0.05) is 46.3 Å². The standard InChI is InChI=1S/C10H6Cl2FN3O2S2/c11-5-1-4(2-6(12)8(5)13)14-9-15-16-10(20-9)19-3-7(17)18/h1-2H,3H2,(H,14,15)(H,17,18). The van der Waals surface area contributed by atoms with Crippen LogP contribution in [0.5, 0.6) is 0 Å². The zero-order chi connectivity index (χ0) is 14.7. The Labute approximate surface area is 131 Å². The number of carboxylic acid groups (broad SMARTS) is 1. The van der Waals surface area contributed by atoms with Crippen molar-refractivity contribution in [3.8, 4) is 0 Å². The molecule has 20 heavy (non-hydrogen) atoms. The van der Waals surface area contributed by atoms with E-state index < -0.39 is 11.8 Å². The third-order valence-corrected chi connectivity index (χ3v) is 4.47. The quantitative estimate of drug-likeness (QED) is 0.627. The second-order valence-corrected chi connectivity index (χ2v) is 6.45. The molecule has 0 saturated carbocycles. The van der Waals surface area contributed by atoms with Crippen molar-refractivity contribution in [2.75, 3.05) is 11.1 Å². The molecule has 2 aromatic rings. The lowest BCUT2D eigenvalue weighted by Gasteiger charge is -2.04. The molecule has 0 spiro atoms. The van der Waals surface area contributed by atoms with Gasteiger partial charge in [0.05, 0.1) is 15.8 Å². The Bertz CT molecular complexity index is 630. The maximum absolute atomic E-state index is 13.3. The minimum absolute atomic E-state index is 0.0944. The van der Waals surface area contributed by atoms with Crippen LogP contribution in [0.1, 0.15) is 0 Å². The Morgan fingerprint density at radius 1 is 1.40 bits per heavy atom. The first-order valence-corrected chi connectivity index (χ1v) is 7.61. The van der Waals surface area contributed by atoms with Crippen LogP contribution in [0.3, 0.4) is 0 Å². The Hall–Kier alpha value is -1.09. The van der Waals surface area contributed by atoms with E-state index in [2.05, 4.69) is 15.5 Å². The van der Waals surface area contributed by atoms with Crippen molar-refractivity contribution in [1.29, 1.82) is 0 Å². The predicted octanol–water partition coefficient (Wildman–Crippen LogP) is 3.90. The molecule has 0 radical (unpaired) electrons. The first-order chi connectivity index (χ1) is 9.45. The number of halogens is 3. The van der Waals surface area contributed by atoms with Crippen molar-refractivity contribution >= 4 is 63.1 Å². The molecule has 0 bridgehead atoms. The summed E-state index contributed by atoms with van der Waals surface area (Å²) in [7, 11) is 0. The largest absolute Gasteiger partial charge is 0.481 e. The van der Waals surface area contributed by atoms with Crippen LogP contribution < -0.4 is 5.32 Å². The molecule has 0 aliphatic rings. The van der Waals surface area contributed by atoms with E-state index in [1.165, 1.54) is 23.5 Å². The van der Waals surface area contributed by atoms with E-state index in [1.807, 2.05) is 0 Å². The highest BCUT2D eigenvalue weighted by atomic mass is 35.5. The van der Waals surface area contributed by atoms with Crippen LogP contribution >= 0.6 is 46.3 Å². The topological polar surface area (TPSA) is 75.1 Å². The van der Waals surface area contributed by atoms with Gasteiger partial charge in [-0.05, 0) is 12.1 Å². The number of aliphatic carboxylic acids is 1. The van der Waals surface area contributed by atoms with E-state index in [1.54, 1.807) is 0 Å². The van der Waals surface area contributed by atoms with Gasteiger partial charge in [0.1, 0.15) is 0 Å². The number of thioether (sulfide) groups is 1. The van der Waals surface area contributed by atoms with Gasteiger partial charge < -0.3 is 10.4 Å². The maximum Gasteiger partial charge on any atom is 0.313 e. The molecule has 0 aliphatic carbocycles. The van der Waals surface area contributed by atoms with Gasteiger partial charge in [0.2, 0.25) is 5.13 Å². The average molecular weight is 354 g/mol. The second kappa shape index (κ2) is 6.57. The second-order valence-electron chi connectivity index (χ2n) is 3.43. The fourth-order valence-corrected chi connectivity index (χ4v) is 3.17. The number of benzene rings is 1. The molecule has 0 unspecified atom stereocenters. The van der Waals surface area contributed by atoms with E-state index >= 15 is 0 Å². The number of carbonyl (C=O) groups is 1. The summed E-state index contributed by atoms with van der Waals surface area (Å²) < 4.78 is 13.8. The smallest absolute Gasteiger partial charge is 0.313 e. The average Bonchev–Trinajstić information content (AvgIpc) is 2.81. The van der Waals surface area contributed by atoms with E-state index in [9.17, 15) is 9.18 Å². The van der Waals surface area contributed by atoms with Crippen molar-refractivity contribution in [3.05, 3.63) is 28.0 Å². The van der Waals surface area contributed by atoms with Gasteiger partial charge in [-0.25, -0.2) is 4.39 Å². The Kier molecular flexibility index (Phi) is 5.03. The summed E-state index contributed by atoms with van der Waals surface area (Å²) in [4.78, 5) is 10.4. The van der Waals surface area contributed by atoms with Crippen LogP contribution in [0.25, 0.3) is 0 Å². The maximum atomic E-state index is 13.3. The lowest BCUT2D eigenvalue weighted by atomic mass is 10.3. The van der Waals surface area contributed by atoms with Crippen molar-refractivity contribution < 1.29 is 14.3 Å². The molecule has 0 atom stereocenters. The summed E-state index contributed by atoms with van der Waals surface area (Å²) >= 11 is 13.6. The third-order valence-electron chi connectivity index (χ3n) is 1.96. The summed E-state index contributed by atoms with van der Waals surface area (Å²) in [5, 5.41) is 19.3. The molecule has 0 aliphatic heterocycles. The summed E-state index contributed by atoms with van der Waals surface area (Å²) in [5.41, 5.74) is 0.465. The Balaban J connectivity index is 2.09. The zero-order valence-electron chi connectivity index (χ0n) is 9.56. The highest BCUT2D eigenvalue weighted by Gasteiger charge is 2.10. The molecule has 10 heteroatoms. The minimum Gasteiger partial charge on any atom is -0.481 e.